The van der Waals surface area contributed by atoms with Gasteiger partial charge < -0.3 is 15.8 Å². The predicted molar refractivity (Wildman–Crippen MR) is 64.4 cm³/mol. The third-order valence-electron chi connectivity index (χ3n) is 2.86. The number of anilines is 2. The molecule has 0 saturated heterocycles. The van der Waals surface area contributed by atoms with Crippen LogP contribution in [0.25, 0.3) is 0 Å². The summed E-state index contributed by atoms with van der Waals surface area (Å²) in [5.74, 6) is 1.71. The van der Waals surface area contributed by atoms with Gasteiger partial charge in [0.2, 0.25) is 0 Å². The Labute approximate surface area is 96.0 Å². The molecule has 0 atom stereocenters. The number of ether oxygens (including phenoxy) is 1. The minimum atomic E-state index is 0.722. The Balaban J connectivity index is 1.71. The summed E-state index contributed by atoms with van der Waals surface area (Å²) in [7, 11) is 1.89. The average molecular weight is 224 g/mol. The van der Waals surface area contributed by atoms with Gasteiger partial charge in [-0.15, -0.1) is 0 Å². The predicted octanol–water partition coefficient (Wildman–Crippen LogP) is 1.15. The van der Waals surface area contributed by atoms with Crippen LogP contribution in [-0.4, -0.2) is 29.5 Å². The molecule has 1 aromatic heterocycles. The first kappa shape index (κ1) is 11.3. The molecule has 1 aliphatic rings. The van der Waals surface area contributed by atoms with Gasteiger partial charge in [0.1, 0.15) is 5.82 Å². The number of nitrogen functional groups attached to an aromatic ring is 1. The molecule has 16 heavy (non-hydrogen) atoms. The first-order valence-electron chi connectivity index (χ1n) is 5.79. The van der Waals surface area contributed by atoms with Gasteiger partial charge in [-0.1, -0.05) is 0 Å². The van der Waals surface area contributed by atoms with Crippen molar-refractivity contribution in [2.45, 2.75) is 19.8 Å². The lowest BCUT2D eigenvalue weighted by Gasteiger charge is -2.08. The summed E-state index contributed by atoms with van der Waals surface area (Å²) in [5.41, 5.74) is 7.48. The van der Waals surface area contributed by atoms with Crippen LogP contribution in [0.4, 0.5) is 11.5 Å². The van der Waals surface area contributed by atoms with Crippen LogP contribution < -0.4 is 11.1 Å². The van der Waals surface area contributed by atoms with Crippen LogP contribution in [-0.2, 0) is 11.8 Å². The Morgan fingerprint density at radius 1 is 1.56 bits per heavy atom. The molecule has 5 nitrogen and oxygen atoms in total. The second-order valence-electron chi connectivity index (χ2n) is 4.42. The van der Waals surface area contributed by atoms with Gasteiger partial charge in [-0.05, 0) is 25.7 Å². The summed E-state index contributed by atoms with van der Waals surface area (Å²) in [6, 6.07) is 0. The molecule has 3 N–H and O–H groups in total. The monoisotopic (exact) mass is 224 g/mol. The van der Waals surface area contributed by atoms with Crippen molar-refractivity contribution in [2.24, 2.45) is 13.0 Å². The lowest BCUT2D eigenvalue weighted by Crippen LogP contribution is -2.13. The van der Waals surface area contributed by atoms with Crippen LogP contribution in [0, 0.1) is 12.8 Å². The van der Waals surface area contributed by atoms with Crippen molar-refractivity contribution in [3.05, 3.63) is 5.69 Å². The van der Waals surface area contributed by atoms with Gasteiger partial charge in [0.15, 0.2) is 0 Å². The molecule has 1 aliphatic carbocycles. The maximum atomic E-state index is 5.89. The van der Waals surface area contributed by atoms with Crippen LogP contribution >= 0.6 is 0 Å². The van der Waals surface area contributed by atoms with Gasteiger partial charge >= 0.3 is 0 Å². The lowest BCUT2D eigenvalue weighted by atomic mass is 10.4. The van der Waals surface area contributed by atoms with E-state index < -0.39 is 0 Å². The number of rotatable bonds is 6. The quantitative estimate of drug-likeness (QED) is 0.711. The number of nitrogens with zero attached hydrogens (tertiary/aromatic N) is 2. The van der Waals surface area contributed by atoms with Crippen LogP contribution in [0.5, 0.6) is 0 Å². The first-order valence-corrected chi connectivity index (χ1v) is 5.79. The summed E-state index contributed by atoms with van der Waals surface area (Å²) in [4.78, 5) is 0. The second-order valence-corrected chi connectivity index (χ2v) is 4.42. The zero-order chi connectivity index (χ0) is 11.5. The standard InChI is InChI=1S/C11H20N4O/c1-8-10(12)11(15(2)14-8)13-5-6-16-7-9-3-4-9/h9,13H,3-7,12H2,1-2H3. The fraction of sp³-hybridized carbons (Fsp3) is 0.727. The molecule has 0 radical (unpaired) electrons. The highest BCUT2D eigenvalue weighted by atomic mass is 16.5. The van der Waals surface area contributed by atoms with Gasteiger partial charge in [-0.3, -0.25) is 4.68 Å². The summed E-state index contributed by atoms with van der Waals surface area (Å²) < 4.78 is 7.30. The molecule has 0 aromatic carbocycles. The van der Waals surface area contributed by atoms with Crippen molar-refractivity contribution in [2.75, 3.05) is 30.8 Å². The van der Waals surface area contributed by atoms with E-state index in [0.29, 0.717) is 0 Å². The smallest absolute Gasteiger partial charge is 0.147 e. The van der Waals surface area contributed by atoms with E-state index in [0.717, 1.165) is 42.9 Å². The van der Waals surface area contributed by atoms with Crippen molar-refractivity contribution in [3.8, 4) is 0 Å². The Kier molecular flexibility index (Phi) is 3.33. The summed E-state index contributed by atoms with van der Waals surface area (Å²) in [6.07, 6.45) is 2.67. The summed E-state index contributed by atoms with van der Waals surface area (Å²) in [6.45, 7) is 4.31. The van der Waals surface area contributed by atoms with E-state index in [4.69, 9.17) is 10.5 Å². The molecule has 1 heterocycles. The van der Waals surface area contributed by atoms with E-state index in [2.05, 4.69) is 10.4 Å². The Morgan fingerprint density at radius 2 is 2.31 bits per heavy atom. The highest BCUT2D eigenvalue weighted by Crippen LogP contribution is 2.28. The van der Waals surface area contributed by atoms with Gasteiger partial charge in [0.05, 0.1) is 18.0 Å². The van der Waals surface area contributed by atoms with E-state index in [1.165, 1.54) is 12.8 Å². The average Bonchev–Trinajstić information content (AvgIpc) is 3.02. The number of hydrogen-bond acceptors (Lipinski definition) is 4. The first-order chi connectivity index (χ1) is 7.68. The van der Waals surface area contributed by atoms with Crippen LogP contribution in [0.1, 0.15) is 18.5 Å². The third kappa shape index (κ3) is 2.66. The molecule has 0 amide bonds. The fourth-order valence-corrected chi connectivity index (χ4v) is 1.66. The molecule has 2 rings (SSSR count). The third-order valence-corrected chi connectivity index (χ3v) is 2.86. The molecule has 0 unspecified atom stereocenters. The molecule has 1 fully saturated rings. The van der Waals surface area contributed by atoms with E-state index in [1.54, 1.807) is 4.68 Å². The molecule has 1 aromatic rings. The zero-order valence-electron chi connectivity index (χ0n) is 9.99. The molecule has 90 valence electrons. The maximum absolute atomic E-state index is 5.89. The van der Waals surface area contributed by atoms with Crippen molar-refractivity contribution in [1.82, 2.24) is 9.78 Å². The Bertz CT molecular complexity index is 357. The Hall–Kier alpha value is -1.23. The second kappa shape index (κ2) is 4.74. The highest BCUT2D eigenvalue weighted by molar-refractivity contribution is 5.64. The molecule has 5 heteroatoms. The number of nitrogens with one attached hydrogen (secondary N) is 1. The molecule has 1 saturated carbocycles. The Morgan fingerprint density at radius 3 is 2.88 bits per heavy atom. The molecule has 0 spiro atoms. The van der Waals surface area contributed by atoms with Crippen molar-refractivity contribution < 1.29 is 4.74 Å². The van der Waals surface area contributed by atoms with Crippen molar-refractivity contribution in [3.63, 3.8) is 0 Å². The molecular formula is C11H20N4O. The van der Waals surface area contributed by atoms with Gasteiger partial charge in [0.25, 0.3) is 0 Å². The normalized spacial score (nSPS) is 15.4. The zero-order valence-corrected chi connectivity index (χ0v) is 9.99. The molecule has 0 aliphatic heterocycles. The SMILES string of the molecule is Cc1nn(C)c(NCCOCC2CC2)c1N. The highest BCUT2D eigenvalue weighted by Gasteiger charge is 2.20. The van der Waals surface area contributed by atoms with Gasteiger partial charge in [0, 0.05) is 20.2 Å². The summed E-state index contributed by atoms with van der Waals surface area (Å²) in [5, 5.41) is 7.48. The van der Waals surface area contributed by atoms with E-state index in [-0.39, 0.29) is 0 Å². The van der Waals surface area contributed by atoms with Crippen LogP contribution in [0.3, 0.4) is 0 Å². The van der Waals surface area contributed by atoms with Crippen molar-refractivity contribution >= 4 is 11.5 Å². The van der Waals surface area contributed by atoms with E-state index in [9.17, 15) is 0 Å². The van der Waals surface area contributed by atoms with E-state index in [1.807, 2.05) is 14.0 Å². The maximum Gasteiger partial charge on any atom is 0.147 e. The minimum Gasteiger partial charge on any atom is -0.394 e. The summed E-state index contributed by atoms with van der Waals surface area (Å²) >= 11 is 0. The molecule has 0 bridgehead atoms. The number of aromatic nitrogens is 2. The number of aryl methyl sites for hydroxylation is 2. The van der Waals surface area contributed by atoms with E-state index >= 15 is 0 Å². The largest absolute Gasteiger partial charge is 0.394 e. The lowest BCUT2D eigenvalue weighted by molar-refractivity contribution is 0.134. The molecular weight excluding hydrogens is 204 g/mol. The number of hydrogen-bond donors (Lipinski definition) is 2. The minimum absolute atomic E-state index is 0.722. The van der Waals surface area contributed by atoms with Gasteiger partial charge in [-0.2, -0.15) is 5.10 Å². The van der Waals surface area contributed by atoms with Crippen LogP contribution in [0.2, 0.25) is 0 Å². The number of nitrogens with two attached hydrogens (primary N) is 1. The van der Waals surface area contributed by atoms with Crippen LogP contribution in [0.15, 0.2) is 0 Å². The van der Waals surface area contributed by atoms with Gasteiger partial charge in [-0.25, -0.2) is 0 Å². The fourth-order valence-electron chi connectivity index (χ4n) is 1.66. The van der Waals surface area contributed by atoms with Crippen molar-refractivity contribution in [1.29, 1.82) is 0 Å². The topological polar surface area (TPSA) is 65.1 Å².